The van der Waals surface area contributed by atoms with E-state index in [0.717, 1.165) is 16.7 Å². The summed E-state index contributed by atoms with van der Waals surface area (Å²) in [5, 5.41) is 0.320. The molecule has 10 heteroatoms. The number of hydrogen-bond acceptors (Lipinski definition) is 7. The van der Waals surface area contributed by atoms with Crippen molar-refractivity contribution in [1.29, 1.82) is 0 Å². The summed E-state index contributed by atoms with van der Waals surface area (Å²) in [6.45, 7) is 0.0617. The van der Waals surface area contributed by atoms with Gasteiger partial charge >= 0.3 is 5.97 Å². The maximum Gasteiger partial charge on any atom is 0.343 e. The van der Waals surface area contributed by atoms with E-state index in [-0.39, 0.29) is 17.2 Å². The third kappa shape index (κ3) is 5.67. The minimum Gasteiger partial charge on any atom is -0.497 e. The molecule has 0 atom stereocenters. The first-order valence-electron chi connectivity index (χ1n) is 10.5. The number of rotatable bonds is 7. The second-order valence-electron chi connectivity index (χ2n) is 7.54. The number of thioether (sulfide) groups is 1. The molecule has 3 aromatic carbocycles. The molecule has 2 amide bonds. The van der Waals surface area contributed by atoms with Crippen molar-refractivity contribution in [2.24, 2.45) is 0 Å². The third-order valence-electron chi connectivity index (χ3n) is 5.21. The Balaban J connectivity index is 1.54. The van der Waals surface area contributed by atoms with Gasteiger partial charge in [-0.15, -0.1) is 0 Å². The maximum absolute atomic E-state index is 12.9. The van der Waals surface area contributed by atoms with Crippen LogP contribution in [0.2, 0.25) is 10.0 Å². The Bertz CT molecular complexity index is 1370. The first-order chi connectivity index (χ1) is 17.3. The summed E-state index contributed by atoms with van der Waals surface area (Å²) < 4.78 is 16.0. The zero-order chi connectivity index (χ0) is 25.8. The fraction of sp³-hybridized carbons (Fsp3) is 0.115. The highest BCUT2D eigenvalue weighted by molar-refractivity contribution is 8.18. The van der Waals surface area contributed by atoms with Crippen LogP contribution < -0.4 is 14.2 Å². The van der Waals surface area contributed by atoms with Crippen molar-refractivity contribution in [1.82, 2.24) is 4.90 Å². The van der Waals surface area contributed by atoms with Crippen molar-refractivity contribution in [3.63, 3.8) is 0 Å². The summed E-state index contributed by atoms with van der Waals surface area (Å²) in [5.74, 6) is 0.0850. The van der Waals surface area contributed by atoms with Crippen LogP contribution in [0.3, 0.4) is 0 Å². The molecule has 1 heterocycles. The molecule has 3 aromatic rings. The van der Waals surface area contributed by atoms with Crippen molar-refractivity contribution in [3.05, 3.63) is 92.3 Å². The predicted octanol–water partition coefficient (Wildman–Crippen LogP) is 6.47. The van der Waals surface area contributed by atoms with Gasteiger partial charge in [0.05, 0.1) is 41.3 Å². The van der Waals surface area contributed by atoms with Crippen molar-refractivity contribution < 1.29 is 28.6 Å². The number of nitrogens with zero attached hydrogens (tertiary/aromatic N) is 1. The van der Waals surface area contributed by atoms with Gasteiger partial charge < -0.3 is 14.2 Å². The van der Waals surface area contributed by atoms with Crippen LogP contribution in [-0.4, -0.2) is 36.2 Å². The summed E-state index contributed by atoms with van der Waals surface area (Å²) in [4.78, 5) is 39.5. The standard InChI is InChI=1S/C26H19Cl2NO6S/c1-33-18-7-5-17(6-8-18)25(31)35-22-12-15(4-10-21(22)34-2)13-23-24(30)29(26(32)36-23)14-16-3-9-19(27)20(28)11-16/h3-13H,14H2,1-2H3/b23-13-. The Morgan fingerprint density at radius 2 is 1.67 bits per heavy atom. The molecule has 0 bridgehead atoms. The van der Waals surface area contributed by atoms with Gasteiger partial charge in [0.1, 0.15) is 5.75 Å². The largest absolute Gasteiger partial charge is 0.497 e. The lowest BCUT2D eigenvalue weighted by molar-refractivity contribution is -0.123. The van der Waals surface area contributed by atoms with Crippen molar-refractivity contribution in [2.45, 2.75) is 6.54 Å². The number of halogens is 2. The monoisotopic (exact) mass is 543 g/mol. The topological polar surface area (TPSA) is 82.1 Å². The lowest BCUT2D eigenvalue weighted by atomic mass is 10.1. The molecular formula is C26H19Cl2NO6S. The van der Waals surface area contributed by atoms with Gasteiger partial charge in [0, 0.05) is 0 Å². The van der Waals surface area contributed by atoms with E-state index in [0.29, 0.717) is 38.2 Å². The molecule has 0 N–H and O–H groups in total. The van der Waals surface area contributed by atoms with E-state index in [2.05, 4.69) is 0 Å². The van der Waals surface area contributed by atoms with Crippen molar-refractivity contribution in [3.8, 4) is 17.2 Å². The van der Waals surface area contributed by atoms with E-state index < -0.39 is 17.1 Å². The molecule has 1 fully saturated rings. The maximum atomic E-state index is 12.9. The summed E-state index contributed by atoms with van der Waals surface area (Å²) >= 11 is 12.8. The van der Waals surface area contributed by atoms with Crippen LogP contribution in [0.4, 0.5) is 4.79 Å². The molecule has 36 heavy (non-hydrogen) atoms. The summed E-state index contributed by atoms with van der Waals surface area (Å²) in [5.41, 5.74) is 1.55. The minimum absolute atomic E-state index is 0.0617. The van der Waals surface area contributed by atoms with Crippen LogP contribution >= 0.6 is 35.0 Å². The molecule has 0 saturated carbocycles. The van der Waals surface area contributed by atoms with Crippen LogP contribution in [0.25, 0.3) is 6.08 Å². The van der Waals surface area contributed by atoms with Gasteiger partial charge in [0.25, 0.3) is 11.1 Å². The zero-order valence-electron chi connectivity index (χ0n) is 19.1. The quantitative estimate of drug-likeness (QED) is 0.192. The van der Waals surface area contributed by atoms with E-state index in [1.807, 2.05) is 0 Å². The number of carbonyl (C=O) groups excluding carboxylic acids is 3. The lowest BCUT2D eigenvalue weighted by Crippen LogP contribution is -2.27. The Morgan fingerprint density at radius 3 is 2.33 bits per heavy atom. The Labute approximate surface area is 221 Å². The fourth-order valence-corrected chi connectivity index (χ4v) is 4.52. The summed E-state index contributed by atoms with van der Waals surface area (Å²) in [6.07, 6.45) is 1.56. The van der Waals surface area contributed by atoms with Gasteiger partial charge in [-0.1, -0.05) is 35.3 Å². The number of amides is 2. The van der Waals surface area contributed by atoms with Crippen LogP contribution in [0.15, 0.2) is 65.6 Å². The van der Waals surface area contributed by atoms with Gasteiger partial charge in [-0.25, -0.2) is 4.79 Å². The highest BCUT2D eigenvalue weighted by Crippen LogP contribution is 2.36. The van der Waals surface area contributed by atoms with Crippen LogP contribution in [-0.2, 0) is 11.3 Å². The molecule has 4 rings (SSSR count). The highest BCUT2D eigenvalue weighted by Gasteiger charge is 2.35. The third-order valence-corrected chi connectivity index (χ3v) is 6.86. The van der Waals surface area contributed by atoms with Crippen LogP contribution in [0.1, 0.15) is 21.5 Å². The van der Waals surface area contributed by atoms with E-state index in [1.165, 1.54) is 14.2 Å². The molecule has 184 valence electrons. The van der Waals surface area contributed by atoms with Crippen LogP contribution in [0, 0.1) is 0 Å². The average Bonchev–Trinajstić information content (AvgIpc) is 3.13. The second-order valence-corrected chi connectivity index (χ2v) is 9.35. The number of ether oxygens (including phenoxy) is 3. The molecule has 7 nitrogen and oxygen atoms in total. The molecule has 1 aliphatic heterocycles. The van der Waals surface area contributed by atoms with Crippen molar-refractivity contribution >= 4 is 58.2 Å². The SMILES string of the molecule is COc1ccc(C(=O)Oc2cc(/C=C3\SC(=O)N(Cc4ccc(Cl)c(Cl)c4)C3=O)ccc2OC)cc1. The number of esters is 1. The van der Waals surface area contributed by atoms with E-state index in [4.69, 9.17) is 37.4 Å². The van der Waals surface area contributed by atoms with Gasteiger partial charge in [-0.05, 0) is 77.5 Å². The molecule has 0 aromatic heterocycles. The van der Waals surface area contributed by atoms with Gasteiger partial charge in [0.15, 0.2) is 11.5 Å². The molecular weight excluding hydrogens is 525 g/mol. The van der Waals surface area contributed by atoms with E-state index >= 15 is 0 Å². The molecule has 0 unspecified atom stereocenters. The van der Waals surface area contributed by atoms with E-state index in [1.54, 1.807) is 66.7 Å². The normalized spacial score (nSPS) is 14.3. The predicted molar refractivity (Wildman–Crippen MR) is 139 cm³/mol. The number of hydrogen-bond donors (Lipinski definition) is 0. The van der Waals surface area contributed by atoms with E-state index in [9.17, 15) is 14.4 Å². The molecule has 0 aliphatic carbocycles. The number of benzene rings is 3. The minimum atomic E-state index is -0.588. The Kier molecular flexibility index (Phi) is 7.88. The highest BCUT2D eigenvalue weighted by atomic mass is 35.5. The first-order valence-corrected chi connectivity index (χ1v) is 12.1. The summed E-state index contributed by atoms with van der Waals surface area (Å²) in [7, 11) is 2.99. The average molecular weight is 544 g/mol. The van der Waals surface area contributed by atoms with Crippen LogP contribution in [0.5, 0.6) is 17.2 Å². The lowest BCUT2D eigenvalue weighted by Gasteiger charge is -2.13. The zero-order valence-corrected chi connectivity index (χ0v) is 21.4. The molecule has 0 radical (unpaired) electrons. The summed E-state index contributed by atoms with van der Waals surface area (Å²) in [6, 6.07) is 16.3. The fourth-order valence-electron chi connectivity index (χ4n) is 3.36. The first kappa shape index (κ1) is 25.6. The second kappa shape index (κ2) is 11.1. The Hall–Kier alpha value is -3.46. The number of methoxy groups -OCH3 is 2. The number of carbonyl (C=O) groups is 3. The molecule has 1 saturated heterocycles. The van der Waals surface area contributed by atoms with Gasteiger partial charge in [-0.2, -0.15) is 0 Å². The molecule has 1 aliphatic rings. The number of imide groups is 1. The van der Waals surface area contributed by atoms with Crippen molar-refractivity contribution in [2.75, 3.05) is 14.2 Å². The van der Waals surface area contributed by atoms with Gasteiger partial charge in [-0.3, -0.25) is 14.5 Å². The Morgan fingerprint density at radius 1 is 0.917 bits per heavy atom. The van der Waals surface area contributed by atoms with Gasteiger partial charge in [0.2, 0.25) is 0 Å². The smallest absolute Gasteiger partial charge is 0.343 e. The molecule has 0 spiro atoms.